The lowest BCUT2D eigenvalue weighted by Crippen LogP contribution is -2.32. The first-order valence-corrected chi connectivity index (χ1v) is 10.7. The second kappa shape index (κ2) is 9.12. The first kappa shape index (κ1) is 20.1. The number of fused-ring (bicyclic) bond motifs is 1. The van der Waals surface area contributed by atoms with Crippen LogP contribution >= 0.6 is 0 Å². The Morgan fingerprint density at radius 1 is 0.767 bits per heavy atom. The van der Waals surface area contributed by atoms with Crippen molar-refractivity contribution in [2.24, 2.45) is 11.8 Å². The molecule has 2 aromatic carbocycles. The highest BCUT2D eigenvalue weighted by molar-refractivity contribution is 6.14. The monoisotopic (exact) mass is 401 g/mol. The highest BCUT2D eigenvalue weighted by Gasteiger charge is 2.38. The van der Waals surface area contributed by atoms with Crippen molar-refractivity contribution in [3.63, 3.8) is 0 Å². The van der Waals surface area contributed by atoms with Gasteiger partial charge < -0.3 is 10.0 Å². The van der Waals surface area contributed by atoms with Gasteiger partial charge in [0.2, 0.25) is 0 Å². The summed E-state index contributed by atoms with van der Waals surface area (Å²) in [7, 11) is 0. The van der Waals surface area contributed by atoms with Gasteiger partial charge >= 0.3 is 5.97 Å². The average Bonchev–Trinajstić information content (AvgIpc) is 3.21. The fourth-order valence-corrected chi connectivity index (χ4v) is 4.68. The number of carbonyl (C=O) groups is 2. The standard InChI is InChI=1S/C26H27NO3/c28-25(27-17-21-13-7-8-14-22(21)18-27)23(15-19-9-3-1-4-10-19)24(26(29)30)16-20-11-5-2-6-12-20/h1-6,9-12,15-16,21-22H,7-8,13-14,17-18H2,(H,29,30)/t21-,22+. The van der Waals surface area contributed by atoms with Gasteiger partial charge in [-0.05, 0) is 48.0 Å². The predicted octanol–water partition coefficient (Wildman–Crippen LogP) is 4.89. The highest BCUT2D eigenvalue weighted by Crippen LogP contribution is 2.37. The second-order valence-corrected chi connectivity index (χ2v) is 8.26. The summed E-state index contributed by atoms with van der Waals surface area (Å²) < 4.78 is 0. The van der Waals surface area contributed by atoms with Crippen LogP contribution in [0.5, 0.6) is 0 Å². The van der Waals surface area contributed by atoms with Crippen molar-refractivity contribution in [2.45, 2.75) is 25.7 Å². The van der Waals surface area contributed by atoms with Crippen molar-refractivity contribution in [1.29, 1.82) is 0 Å². The molecule has 1 N–H and O–H groups in total. The lowest BCUT2D eigenvalue weighted by Gasteiger charge is -2.22. The third kappa shape index (κ3) is 4.54. The Bertz CT molecular complexity index is 948. The van der Waals surface area contributed by atoms with Gasteiger partial charge in [-0.1, -0.05) is 73.5 Å². The summed E-state index contributed by atoms with van der Waals surface area (Å²) in [5.74, 6) is -0.178. The summed E-state index contributed by atoms with van der Waals surface area (Å²) >= 11 is 0. The number of carboxylic acids is 1. The van der Waals surface area contributed by atoms with E-state index in [4.69, 9.17) is 0 Å². The molecule has 4 nitrogen and oxygen atoms in total. The van der Waals surface area contributed by atoms with E-state index in [1.165, 1.54) is 12.8 Å². The van der Waals surface area contributed by atoms with E-state index in [0.29, 0.717) is 11.8 Å². The van der Waals surface area contributed by atoms with Crippen molar-refractivity contribution in [3.05, 3.63) is 82.9 Å². The van der Waals surface area contributed by atoms with Gasteiger partial charge in [-0.2, -0.15) is 0 Å². The van der Waals surface area contributed by atoms with Crippen LogP contribution in [0.1, 0.15) is 36.8 Å². The summed E-state index contributed by atoms with van der Waals surface area (Å²) in [6.07, 6.45) is 8.09. The highest BCUT2D eigenvalue weighted by atomic mass is 16.4. The number of hydrogen-bond donors (Lipinski definition) is 1. The summed E-state index contributed by atoms with van der Waals surface area (Å²) in [6.45, 7) is 1.46. The molecule has 154 valence electrons. The molecule has 2 aliphatic rings. The van der Waals surface area contributed by atoms with Crippen molar-refractivity contribution in [1.82, 2.24) is 4.90 Å². The molecule has 1 amide bonds. The summed E-state index contributed by atoms with van der Waals surface area (Å²) in [4.78, 5) is 27.7. The molecule has 1 aliphatic heterocycles. The molecule has 0 bridgehead atoms. The summed E-state index contributed by atoms with van der Waals surface area (Å²) in [5.41, 5.74) is 1.86. The SMILES string of the molecule is O=C(O)C(=Cc1ccccc1)C(=Cc1ccccc1)C(=O)N1C[C@H]2CCCC[C@H]2C1. The molecule has 2 fully saturated rings. The molecule has 0 unspecified atom stereocenters. The minimum absolute atomic E-state index is 0.0323. The third-order valence-corrected chi connectivity index (χ3v) is 6.24. The minimum atomic E-state index is -1.09. The van der Waals surface area contributed by atoms with Crippen molar-refractivity contribution >= 4 is 24.0 Å². The molecule has 2 atom stereocenters. The van der Waals surface area contributed by atoms with E-state index in [2.05, 4.69) is 0 Å². The molecule has 0 aromatic heterocycles. The van der Waals surface area contributed by atoms with E-state index in [0.717, 1.165) is 37.1 Å². The fraction of sp³-hybridized carbons (Fsp3) is 0.308. The maximum Gasteiger partial charge on any atom is 0.336 e. The van der Waals surface area contributed by atoms with Gasteiger partial charge in [0.25, 0.3) is 5.91 Å². The van der Waals surface area contributed by atoms with Crippen molar-refractivity contribution in [2.75, 3.05) is 13.1 Å². The zero-order valence-corrected chi connectivity index (χ0v) is 17.0. The molecule has 1 heterocycles. The number of hydrogen-bond acceptors (Lipinski definition) is 2. The zero-order valence-electron chi connectivity index (χ0n) is 17.0. The van der Waals surface area contributed by atoms with E-state index in [1.54, 1.807) is 12.2 Å². The predicted molar refractivity (Wildman–Crippen MR) is 119 cm³/mol. The first-order valence-electron chi connectivity index (χ1n) is 10.7. The molecule has 30 heavy (non-hydrogen) atoms. The van der Waals surface area contributed by atoms with Crippen LogP contribution in [-0.2, 0) is 9.59 Å². The zero-order chi connectivity index (χ0) is 20.9. The number of likely N-dealkylation sites (tertiary alicyclic amines) is 1. The van der Waals surface area contributed by atoms with Crippen molar-refractivity contribution in [3.8, 4) is 0 Å². The van der Waals surface area contributed by atoms with Gasteiger partial charge in [-0.3, -0.25) is 4.79 Å². The average molecular weight is 402 g/mol. The molecular formula is C26H27NO3. The summed E-state index contributed by atoms with van der Waals surface area (Å²) in [5, 5.41) is 10.0. The van der Waals surface area contributed by atoms with Gasteiger partial charge in [-0.25, -0.2) is 4.79 Å². The number of carboxylic acid groups (broad SMARTS) is 1. The maximum absolute atomic E-state index is 13.6. The van der Waals surface area contributed by atoms with Gasteiger partial charge in [0.15, 0.2) is 0 Å². The Labute approximate surface area is 177 Å². The molecule has 1 saturated heterocycles. The smallest absolute Gasteiger partial charge is 0.336 e. The van der Waals surface area contributed by atoms with Gasteiger partial charge in [0.05, 0.1) is 11.1 Å². The van der Waals surface area contributed by atoms with Crippen LogP contribution in [-0.4, -0.2) is 35.0 Å². The maximum atomic E-state index is 13.6. The first-order chi connectivity index (χ1) is 14.6. The topological polar surface area (TPSA) is 57.6 Å². The number of benzene rings is 2. The molecule has 4 heteroatoms. The van der Waals surface area contributed by atoms with Gasteiger partial charge in [-0.15, -0.1) is 0 Å². The van der Waals surface area contributed by atoms with E-state index in [1.807, 2.05) is 65.6 Å². The Balaban J connectivity index is 1.72. The largest absolute Gasteiger partial charge is 0.478 e. The third-order valence-electron chi connectivity index (χ3n) is 6.24. The Morgan fingerprint density at radius 2 is 1.23 bits per heavy atom. The Kier molecular flexibility index (Phi) is 6.12. The fourth-order valence-electron chi connectivity index (χ4n) is 4.68. The Hall–Kier alpha value is -3.14. The van der Waals surface area contributed by atoms with E-state index >= 15 is 0 Å². The normalized spacial score (nSPS) is 21.9. The van der Waals surface area contributed by atoms with Crippen LogP contribution in [0.15, 0.2) is 71.8 Å². The number of carbonyl (C=O) groups excluding carboxylic acids is 1. The molecule has 1 aliphatic carbocycles. The molecule has 2 aromatic rings. The molecule has 1 saturated carbocycles. The van der Waals surface area contributed by atoms with Crippen LogP contribution in [0.4, 0.5) is 0 Å². The molecule has 0 spiro atoms. The van der Waals surface area contributed by atoms with E-state index in [9.17, 15) is 14.7 Å². The summed E-state index contributed by atoms with van der Waals surface area (Å²) in [6, 6.07) is 18.8. The van der Waals surface area contributed by atoms with Crippen LogP contribution in [0, 0.1) is 11.8 Å². The van der Waals surface area contributed by atoms with Crippen LogP contribution in [0.3, 0.4) is 0 Å². The minimum Gasteiger partial charge on any atom is -0.478 e. The lowest BCUT2D eigenvalue weighted by molar-refractivity contribution is -0.133. The number of rotatable bonds is 5. The van der Waals surface area contributed by atoms with Crippen molar-refractivity contribution < 1.29 is 14.7 Å². The van der Waals surface area contributed by atoms with Crippen LogP contribution < -0.4 is 0 Å². The number of aliphatic carboxylic acids is 1. The van der Waals surface area contributed by atoms with Gasteiger partial charge in [0.1, 0.15) is 0 Å². The van der Waals surface area contributed by atoms with Crippen LogP contribution in [0.25, 0.3) is 12.2 Å². The number of nitrogens with zero attached hydrogens (tertiary/aromatic N) is 1. The quantitative estimate of drug-likeness (QED) is 0.573. The van der Waals surface area contributed by atoms with E-state index < -0.39 is 5.97 Å². The van der Waals surface area contributed by atoms with E-state index in [-0.39, 0.29) is 17.1 Å². The van der Waals surface area contributed by atoms with Crippen LogP contribution in [0.2, 0.25) is 0 Å². The molecule has 4 rings (SSSR count). The second-order valence-electron chi connectivity index (χ2n) is 8.26. The lowest BCUT2D eigenvalue weighted by atomic mass is 9.82. The van der Waals surface area contributed by atoms with Gasteiger partial charge in [0, 0.05) is 13.1 Å². The number of amides is 1. The Morgan fingerprint density at radius 3 is 1.70 bits per heavy atom. The molecule has 0 radical (unpaired) electrons. The molecular weight excluding hydrogens is 374 g/mol.